The van der Waals surface area contributed by atoms with Gasteiger partial charge in [-0.3, -0.25) is 0 Å². The summed E-state index contributed by atoms with van der Waals surface area (Å²) in [4.78, 5) is 0. The van der Waals surface area contributed by atoms with E-state index in [2.05, 4.69) is 21.2 Å². The molecule has 2 aromatic carbocycles. The first-order valence-electron chi connectivity index (χ1n) is 5.19. The van der Waals surface area contributed by atoms with E-state index in [4.69, 9.17) is 0 Å². The van der Waals surface area contributed by atoms with Crippen LogP contribution in [0, 0.1) is 17.5 Å². The summed E-state index contributed by atoms with van der Waals surface area (Å²) in [5.41, 5.74) is 0.377. The van der Waals surface area contributed by atoms with Crippen LogP contribution in [0.5, 0.6) is 0 Å². The van der Waals surface area contributed by atoms with Crippen LogP contribution in [-0.4, -0.2) is 0 Å². The molecule has 18 heavy (non-hydrogen) atoms. The van der Waals surface area contributed by atoms with Gasteiger partial charge in [0.1, 0.15) is 23.1 Å². The molecule has 0 aliphatic rings. The van der Waals surface area contributed by atoms with Gasteiger partial charge in [0.25, 0.3) is 0 Å². The van der Waals surface area contributed by atoms with Crippen LogP contribution in [-0.2, 0) is 6.54 Å². The third-order valence-corrected chi connectivity index (χ3v) is 2.81. The summed E-state index contributed by atoms with van der Waals surface area (Å²) in [6.45, 7) is 0.133. The van der Waals surface area contributed by atoms with E-state index in [0.717, 1.165) is 12.1 Å². The number of hydrogen-bond acceptors (Lipinski definition) is 1. The highest BCUT2D eigenvalue weighted by molar-refractivity contribution is 9.10. The fourth-order valence-corrected chi connectivity index (χ4v) is 2.08. The Hall–Kier alpha value is -1.49. The predicted octanol–water partition coefficient (Wildman–Crippen LogP) is 4.48. The minimum Gasteiger partial charge on any atom is -0.376 e. The van der Waals surface area contributed by atoms with Gasteiger partial charge in [0.05, 0.1) is 0 Å². The fraction of sp³-hybridized carbons (Fsp3) is 0.0769. The molecule has 0 saturated heterocycles. The maximum absolute atomic E-state index is 13.3. The highest BCUT2D eigenvalue weighted by Gasteiger charge is 2.08. The van der Waals surface area contributed by atoms with Crippen LogP contribution in [0.15, 0.2) is 40.9 Å². The third kappa shape index (κ3) is 3.04. The molecule has 0 fully saturated rings. The van der Waals surface area contributed by atoms with E-state index in [9.17, 15) is 13.2 Å². The number of anilines is 1. The monoisotopic (exact) mass is 315 g/mol. The maximum Gasteiger partial charge on any atom is 0.149 e. The third-order valence-electron chi connectivity index (χ3n) is 2.35. The molecule has 0 aliphatic carbocycles. The lowest BCUT2D eigenvalue weighted by molar-refractivity contribution is 0.588. The Labute approximate surface area is 111 Å². The Kier molecular flexibility index (Phi) is 3.91. The molecule has 1 N–H and O–H groups in total. The van der Waals surface area contributed by atoms with Crippen molar-refractivity contribution in [3.8, 4) is 0 Å². The Balaban J connectivity index is 2.16. The molecule has 1 nitrogen and oxygen atoms in total. The molecule has 0 heterocycles. The molecule has 0 saturated carbocycles. The van der Waals surface area contributed by atoms with Gasteiger partial charge >= 0.3 is 0 Å². The lowest BCUT2D eigenvalue weighted by atomic mass is 10.2. The molecule has 0 spiro atoms. The van der Waals surface area contributed by atoms with Gasteiger partial charge in [-0.15, -0.1) is 0 Å². The molecule has 0 aromatic heterocycles. The average Bonchev–Trinajstić information content (AvgIpc) is 2.27. The smallest absolute Gasteiger partial charge is 0.149 e. The number of rotatable bonds is 3. The molecule has 0 radical (unpaired) electrons. The second-order valence-electron chi connectivity index (χ2n) is 3.73. The van der Waals surface area contributed by atoms with Crippen molar-refractivity contribution in [1.29, 1.82) is 0 Å². The number of nitrogens with one attached hydrogen (secondary N) is 1. The van der Waals surface area contributed by atoms with Crippen LogP contribution in [0.1, 0.15) is 5.56 Å². The minimum absolute atomic E-state index is 0.133. The van der Waals surface area contributed by atoms with E-state index in [1.165, 1.54) is 18.2 Å². The molecule has 0 aliphatic heterocycles. The number of para-hydroxylation sites is 1. The summed E-state index contributed by atoms with van der Waals surface area (Å²) in [5.74, 6) is -1.76. The lowest BCUT2D eigenvalue weighted by Crippen LogP contribution is -2.04. The van der Waals surface area contributed by atoms with Crippen molar-refractivity contribution >= 4 is 21.6 Å². The summed E-state index contributed by atoms with van der Waals surface area (Å²) in [7, 11) is 0. The quantitative estimate of drug-likeness (QED) is 0.880. The van der Waals surface area contributed by atoms with E-state index in [-0.39, 0.29) is 12.2 Å². The minimum atomic E-state index is -0.675. The lowest BCUT2D eigenvalue weighted by Gasteiger charge is -2.09. The van der Waals surface area contributed by atoms with Crippen LogP contribution in [0.25, 0.3) is 0 Å². The molecule has 0 amide bonds. The Morgan fingerprint density at radius 3 is 2.28 bits per heavy atom. The molecule has 0 unspecified atom stereocenters. The summed E-state index contributed by atoms with van der Waals surface area (Å²) in [6, 6.07) is 7.90. The molecule has 2 aromatic rings. The summed E-state index contributed by atoms with van der Waals surface area (Å²) < 4.78 is 40.3. The fourth-order valence-electron chi connectivity index (χ4n) is 1.57. The zero-order valence-corrected chi connectivity index (χ0v) is 10.8. The standard InChI is InChI=1S/C13H9BrF3N/c14-9-4-8(5-10(15)6-9)7-18-13-11(16)2-1-3-12(13)17/h1-6,18H,7H2. The molecule has 2 rings (SSSR count). The van der Waals surface area contributed by atoms with Gasteiger partial charge in [0.15, 0.2) is 0 Å². The van der Waals surface area contributed by atoms with Gasteiger partial charge < -0.3 is 5.32 Å². The molecule has 0 atom stereocenters. The van der Waals surface area contributed by atoms with E-state index in [1.54, 1.807) is 6.07 Å². The first kappa shape index (κ1) is 13.0. The second-order valence-corrected chi connectivity index (χ2v) is 4.64. The van der Waals surface area contributed by atoms with E-state index in [0.29, 0.717) is 10.0 Å². The molecule has 0 bridgehead atoms. The summed E-state index contributed by atoms with van der Waals surface area (Å²) >= 11 is 3.15. The molecule has 94 valence electrons. The van der Waals surface area contributed by atoms with Crippen LogP contribution in [0.3, 0.4) is 0 Å². The van der Waals surface area contributed by atoms with Crippen LogP contribution in [0.4, 0.5) is 18.9 Å². The summed E-state index contributed by atoms with van der Waals surface area (Å²) in [6.07, 6.45) is 0. The van der Waals surface area contributed by atoms with Gasteiger partial charge in [0.2, 0.25) is 0 Å². The number of halogens is 4. The van der Waals surface area contributed by atoms with Crippen LogP contribution < -0.4 is 5.32 Å². The molecular weight excluding hydrogens is 307 g/mol. The van der Waals surface area contributed by atoms with Gasteiger partial charge in [-0.05, 0) is 35.9 Å². The SMILES string of the molecule is Fc1cc(Br)cc(CNc2c(F)cccc2F)c1. The van der Waals surface area contributed by atoms with E-state index >= 15 is 0 Å². The van der Waals surface area contributed by atoms with Crippen molar-refractivity contribution in [2.75, 3.05) is 5.32 Å². The number of benzene rings is 2. The highest BCUT2D eigenvalue weighted by atomic mass is 79.9. The first-order valence-corrected chi connectivity index (χ1v) is 5.98. The van der Waals surface area contributed by atoms with Crippen LogP contribution >= 0.6 is 15.9 Å². The van der Waals surface area contributed by atoms with E-state index in [1.807, 2.05) is 0 Å². The van der Waals surface area contributed by atoms with Gasteiger partial charge in [-0.2, -0.15) is 0 Å². The largest absolute Gasteiger partial charge is 0.376 e. The topological polar surface area (TPSA) is 12.0 Å². The Morgan fingerprint density at radius 1 is 1.00 bits per heavy atom. The number of hydrogen-bond donors (Lipinski definition) is 1. The van der Waals surface area contributed by atoms with E-state index < -0.39 is 17.5 Å². The van der Waals surface area contributed by atoms with Crippen molar-refractivity contribution in [1.82, 2.24) is 0 Å². The van der Waals surface area contributed by atoms with Crippen molar-refractivity contribution < 1.29 is 13.2 Å². The second kappa shape index (κ2) is 5.44. The summed E-state index contributed by atoms with van der Waals surface area (Å²) in [5, 5.41) is 2.61. The van der Waals surface area contributed by atoms with Crippen LogP contribution in [0.2, 0.25) is 0 Å². The Bertz CT molecular complexity index is 532. The average molecular weight is 316 g/mol. The van der Waals surface area contributed by atoms with Gasteiger partial charge in [0, 0.05) is 11.0 Å². The van der Waals surface area contributed by atoms with Crippen molar-refractivity contribution in [3.05, 3.63) is 63.9 Å². The zero-order chi connectivity index (χ0) is 13.1. The van der Waals surface area contributed by atoms with Gasteiger partial charge in [-0.1, -0.05) is 22.0 Å². The van der Waals surface area contributed by atoms with Crippen molar-refractivity contribution in [2.24, 2.45) is 0 Å². The molecule has 5 heteroatoms. The van der Waals surface area contributed by atoms with Crippen molar-refractivity contribution in [2.45, 2.75) is 6.54 Å². The van der Waals surface area contributed by atoms with Gasteiger partial charge in [-0.25, -0.2) is 13.2 Å². The predicted molar refractivity (Wildman–Crippen MR) is 67.8 cm³/mol. The maximum atomic E-state index is 13.3. The Morgan fingerprint density at radius 2 is 1.67 bits per heavy atom. The highest BCUT2D eigenvalue weighted by Crippen LogP contribution is 2.20. The zero-order valence-electron chi connectivity index (χ0n) is 9.18. The first-order chi connectivity index (χ1) is 8.56. The normalized spacial score (nSPS) is 10.4. The van der Waals surface area contributed by atoms with Crippen molar-refractivity contribution in [3.63, 3.8) is 0 Å². The molecular formula is C13H9BrF3N.